The van der Waals surface area contributed by atoms with Gasteiger partial charge in [-0.2, -0.15) is 5.21 Å². The number of amides is 1. The van der Waals surface area contributed by atoms with E-state index < -0.39 is 0 Å². The topological polar surface area (TPSA) is 93.2 Å². The molecule has 23 heavy (non-hydrogen) atoms. The number of H-pyrrole nitrogens is 1. The van der Waals surface area contributed by atoms with Crippen LogP contribution in [0.4, 0.5) is 5.95 Å². The Balaban J connectivity index is 2.11. The predicted molar refractivity (Wildman–Crippen MR) is 85.4 cm³/mol. The van der Waals surface area contributed by atoms with Crippen molar-refractivity contribution in [2.75, 3.05) is 19.1 Å². The third-order valence-electron chi connectivity index (χ3n) is 2.93. The fourth-order valence-electron chi connectivity index (χ4n) is 1.82. The molecule has 0 fully saturated rings. The lowest BCUT2D eigenvalue weighted by Gasteiger charge is -2.13. The first-order valence-corrected chi connectivity index (χ1v) is 7.05. The second kappa shape index (κ2) is 7.39. The molecule has 1 aromatic heterocycles. The van der Waals surface area contributed by atoms with Gasteiger partial charge in [0, 0.05) is 13.1 Å². The van der Waals surface area contributed by atoms with Crippen molar-refractivity contribution in [3.05, 3.63) is 29.8 Å². The number of hydrogen-bond acceptors (Lipinski definition) is 6. The number of aromatic amines is 1. The van der Waals surface area contributed by atoms with Crippen LogP contribution in [0.15, 0.2) is 24.3 Å². The van der Waals surface area contributed by atoms with Crippen LogP contribution in [0.1, 0.15) is 19.4 Å². The fraction of sp³-hybridized carbons (Fsp3) is 0.333. The molecule has 0 aliphatic heterocycles. The van der Waals surface area contributed by atoms with Crippen LogP contribution < -0.4 is 14.4 Å². The predicted octanol–water partition coefficient (Wildman–Crippen LogP) is 1.67. The first-order chi connectivity index (χ1) is 11.0. The summed E-state index contributed by atoms with van der Waals surface area (Å²) in [6.45, 7) is 3.89. The van der Waals surface area contributed by atoms with Gasteiger partial charge in [0.15, 0.2) is 11.5 Å². The molecule has 0 radical (unpaired) electrons. The van der Waals surface area contributed by atoms with Gasteiger partial charge in [0.25, 0.3) is 11.9 Å². The third-order valence-corrected chi connectivity index (χ3v) is 2.93. The number of anilines is 1. The number of carbonyl (C=O) groups excluding carboxylic acids is 1. The Labute approximate surface area is 134 Å². The zero-order chi connectivity index (χ0) is 16.8. The average molecular weight is 317 g/mol. The Morgan fingerprint density at radius 3 is 2.74 bits per heavy atom. The van der Waals surface area contributed by atoms with E-state index in [0.717, 1.165) is 5.56 Å². The number of ether oxygens (including phenoxy) is 2. The molecule has 1 aromatic carbocycles. The molecule has 0 saturated heterocycles. The standard InChI is InChI=1S/C15H19N5O3/c1-10(2)23-12-7-5-11(9-13(12)22-4)6-8-14(21)20(3)15-16-18-19-17-15/h5-10H,1-4H3,(H,16,17,18,19). The number of tetrazole rings is 1. The van der Waals surface area contributed by atoms with E-state index in [0.29, 0.717) is 11.5 Å². The minimum atomic E-state index is -0.270. The molecule has 2 aromatic rings. The molecular formula is C15H19N5O3. The number of aromatic nitrogens is 4. The summed E-state index contributed by atoms with van der Waals surface area (Å²) >= 11 is 0. The lowest BCUT2D eigenvalue weighted by molar-refractivity contribution is -0.113. The quantitative estimate of drug-likeness (QED) is 0.815. The van der Waals surface area contributed by atoms with E-state index in [-0.39, 0.29) is 18.0 Å². The summed E-state index contributed by atoms with van der Waals surface area (Å²) in [5.74, 6) is 1.21. The molecule has 8 nitrogen and oxygen atoms in total. The van der Waals surface area contributed by atoms with Gasteiger partial charge in [0.2, 0.25) is 0 Å². The van der Waals surface area contributed by atoms with Gasteiger partial charge in [-0.25, -0.2) is 0 Å². The molecule has 1 amide bonds. The van der Waals surface area contributed by atoms with Crippen molar-refractivity contribution in [2.24, 2.45) is 0 Å². The van der Waals surface area contributed by atoms with Gasteiger partial charge in [0.05, 0.1) is 13.2 Å². The van der Waals surface area contributed by atoms with Gasteiger partial charge in [-0.15, -0.1) is 5.10 Å². The molecule has 122 valence electrons. The highest BCUT2D eigenvalue weighted by molar-refractivity contribution is 6.02. The Hall–Kier alpha value is -2.90. The van der Waals surface area contributed by atoms with Crippen molar-refractivity contribution >= 4 is 17.9 Å². The summed E-state index contributed by atoms with van der Waals surface area (Å²) in [4.78, 5) is 13.3. The van der Waals surface area contributed by atoms with E-state index in [4.69, 9.17) is 9.47 Å². The number of carbonyl (C=O) groups is 1. The van der Waals surface area contributed by atoms with Crippen LogP contribution in [0.25, 0.3) is 6.08 Å². The smallest absolute Gasteiger partial charge is 0.272 e. The monoisotopic (exact) mass is 317 g/mol. The number of likely N-dealkylation sites (N-methyl/N-ethyl adjacent to an activating group) is 1. The van der Waals surface area contributed by atoms with E-state index in [1.807, 2.05) is 26.0 Å². The van der Waals surface area contributed by atoms with Crippen LogP contribution >= 0.6 is 0 Å². The highest BCUT2D eigenvalue weighted by Crippen LogP contribution is 2.29. The molecule has 0 unspecified atom stereocenters. The summed E-state index contributed by atoms with van der Waals surface area (Å²) < 4.78 is 11.0. The van der Waals surface area contributed by atoms with E-state index in [9.17, 15) is 4.79 Å². The van der Waals surface area contributed by atoms with E-state index in [2.05, 4.69) is 20.6 Å². The van der Waals surface area contributed by atoms with Crippen LogP contribution in [0.2, 0.25) is 0 Å². The van der Waals surface area contributed by atoms with Crippen molar-refractivity contribution in [2.45, 2.75) is 20.0 Å². The highest BCUT2D eigenvalue weighted by Gasteiger charge is 2.12. The molecular weight excluding hydrogens is 298 g/mol. The second-order valence-corrected chi connectivity index (χ2v) is 5.02. The van der Waals surface area contributed by atoms with Gasteiger partial charge in [-0.05, 0) is 42.8 Å². The molecule has 1 N–H and O–H groups in total. The van der Waals surface area contributed by atoms with Crippen molar-refractivity contribution in [3.8, 4) is 11.5 Å². The summed E-state index contributed by atoms with van der Waals surface area (Å²) in [7, 11) is 3.14. The molecule has 0 bridgehead atoms. The molecule has 0 aliphatic rings. The van der Waals surface area contributed by atoms with Gasteiger partial charge in [-0.3, -0.25) is 9.69 Å². The molecule has 0 aliphatic carbocycles. The normalized spacial score (nSPS) is 11.0. The minimum absolute atomic E-state index is 0.0514. The van der Waals surface area contributed by atoms with Crippen LogP contribution in [0.5, 0.6) is 11.5 Å². The lowest BCUT2D eigenvalue weighted by Crippen LogP contribution is -2.25. The van der Waals surface area contributed by atoms with Crippen LogP contribution in [0.3, 0.4) is 0 Å². The molecule has 0 atom stereocenters. The Morgan fingerprint density at radius 2 is 2.13 bits per heavy atom. The van der Waals surface area contributed by atoms with Crippen LogP contribution in [0, 0.1) is 0 Å². The number of methoxy groups -OCH3 is 1. The van der Waals surface area contributed by atoms with E-state index >= 15 is 0 Å². The summed E-state index contributed by atoms with van der Waals surface area (Å²) in [5.41, 5.74) is 0.813. The van der Waals surface area contributed by atoms with Crippen molar-refractivity contribution < 1.29 is 14.3 Å². The van der Waals surface area contributed by atoms with Crippen molar-refractivity contribution in [1.82, 2.24) is 20.6 Å². The molecule has 8 heteroatoms. The third kappa shape index (κ3) is 4.29. The Kier molecular flexibility index (Phi) is 5.29. The molecule has 0 spiro atoms. The van der Waals surface area contributed by atoms with E-state index in [1.54, 1.807) is 26.3 Å². The maximum Gasteiger partial charge on any atom is 0.272 e. The zero-order valence-corrected chi connectivity index (χ0v) is 13.5. The summed E-state index contributed by atoms with van der Waals surface area (Å²) in [6, 6.07) is 5.46. The second-order valence-electron chi connectivity index (χ2n) is 5.02. The van der Waals surface area contributed by atoms with Gasteiger partial charge < -0.3 is 9.47 Å². The number of benzene rings is 1. The first kappa shape index (κ1) is 16.5. The first-order valence-electron chi connectivity index (χ1n) is 7.05. The zero-order valence-electron chi connectivity index (χ0n) is 13.5. The lowest BCUT2D eigenvalue weighted by atomic mass is 10.2. The molecule has 1 heterocycles. The van der Waals surface area contributed by atoms with Gasteiger partial charge in [-0.1, -0.05) is 11.2 Å². The maximum atomic E-state index is 12.0. The fourth-order valence-corrected chi connectivity index (χ4v) is 1.82. The van der Waals surface area contributed by atoms with E-state index in [1.165, 1.54) is 11.0 Å². The van der Waals surface area contributed by atoms with Crippen molar-refractivity contribution in [3.63, 3.8) is 0 Å². The minimum Gasteiger partial charge on any atom is -0.493 e. The average Bonchev–Trinajstić information content (AvgIpc) is 3.06. The van der Waals surface area contributed by atoms with Crippen LogP contribution in [-0.2, 0) is 4.79 Å². The van der Waals surface area contributed by atoms with Crippen molar-refractivity contribution in [1.29, 1.82) is 0 Å². The maximum absolute atomic E-state index is 12.0. The Morgan fingerprint density at radius 1 is 1.35 bits per heavy atom. The number of nitrogens with zero attached hydrogens (tertiary/aromatic N) is 4. The van der Waals surface area contributed by atoms with Crippen LogP contribution in [-0.4, -0.2) is 46.8 Å². The number of rotatable bonds is 6. The Bertz CT molecular complexity index is 682. The summed E-state index contributed by atoms with van der Waals surface area (Å²) in [6.07, 6.45) is 3.16. The SMILES string of the molecule is COc1cc(C=CC(=O)N(C)c2nn[nH]n2)ccc1OC(C)C. The number of nitrogens with one attached hydrogen (secondary N) is 1. The van der Waals surface area contributed by atoms with Gasteiger partial charge in [0.1, 0.15) is 0 Å². The highest BCUT2D eigenvalue weighted by atomic mass is 16.5. The van der Waals surface area contributed by atoms with Gasteiger partial charge >= 0.3 is 0 Å². The summed E-state index contributed by atoms with van der Waals surface area (Å²) in [5, 5.41) is 13.2. The largest absolute Gasteiger partial charge is 0.493 e. The molecule has 0 saturated carbocycles. The molecule has 2 rings (SSSR count). The number of hydrogen-bond donors (Lipinski definition) is 1.